The molecule has 6 nitrogen and oxygen atoms in total. The summed E-state index contributed by atoms with van der Waals surface area (Å²) in [5.41, 5.74) is 3.14. The van der Waals surface area contributed by atoms with E-state index in [-0.39, 0.29) is 5.91 Å². The van der Waals surface area contributed by atoms with Crippen LogP contribution in [0.4, 0.5) is 0 Å². The zero-order valence-electron chi connectivity index (χ0n) is 13.7. The highest BCUT2D eigenvalue weighted by Crippen LogP contribution is 2.28. The van der Waals surface area contributed by atoms with Crippen molar-refractivity contribution in [3.8, 4) is 11.5 Å². The third-order valence-corrected chi connectivity index (χ3v) is 4.26. The van der Waals surface area contributed by atoms with E-state index in [1.807, 2.05) is 41.0 Å². The van der Waals surface area contributed by atoms with Crippen LogP contribution in [0.3, 0.4) is 0 Å². The Labute approximate surface area is 135 Å². The van der Waals surface area contributed by atoms with E-state index >= 15 is 0 Å². The van der Waals surface area contributed by atoms with E-state index < -0.39 is 0 Å². The molecule has 0 unspecified atom stereocenters. The van der Waals surface area contributed by atoms with Crippen molar-refractivity contribution in [2.24, 2.45) is 7.05 Å². The maximum absolute atomic E-state index is 12.6. The molecule has 0 spiro atoms. The van der Waals surface area contributed by atoms with E-state index in [9.17, 15) is 4.79 Å². The molecule has 2 aromatic rings. The van der Waals surface area contributed by atoms with Gasteiger partial charge in [-0.3, -0.25) is 4.79 Å². The Kier molecular flexibility index (Phi) is 4.23. The lowest BCUT2D eigenvalue weighted by molar-refractivity contribution is -0.131. The molecule has 0 saturated heterocycles. The van der Waals surface area contributed by atoms with Gasteiger partial charge in [-0.05, 0) is 17.7 Å². The van der Waals surface area contributed by atoms with Gasteiger partial charge in [0.2, 0.25) is 5.91 Å². The lowest BCUT2D eigenvalue weighted by Gasteiger charge is -2.27. The van der Waals surface area contributed by atoms with Crippen molar-refractivity contribution in [1.29, 1.82) is 0 Å². The van der Waals surface area contributed by atoms with Crippen LogP contribution in [0.2, 0.25) is 0 Å². The number of aryl methyl sites for hydroxylation is 1. The van der Waals surface area contributed by atoms with Crippen molar-refractivity contribution in [3.05, 3.63) is 41.5 Å². The van der Waals surface area contributed by atoms with Crippen LogP contribution in [0.1, 0.15) is 17.0 Å². The average Bonchev–Trinajstić information content (AvgIpc) is 2.95. The predicted octanol–water partition coefficient (Wildman–Crippen LogP) is 1.56. The zero-order chi connectivity index (χ0) is 16.4. The maximum atomic E-state index is 12.6. The standard InChI is InChI=1S/C17H21N3O3/c1-19-11-18-13-6-7-20(10-14(13)19)17(21)9-12-4-5-15(22-2)16(8-12)23-3/h4-5,8,11H,6-7,9-10H2,1-3H3. The number of rotatable bonds is 4. The van der Waals surface area contributed by atoms with Crippen molar-refractivity contribution in [3.63, 3.8) is 0 Å². The Balaban J connectivity index is 1.71. The first-order valence-electron chi connectivity index (χ1n) is 7.60. The lowest BCUT2D eigenvalue weighted by Crippen LogP contribution is -2.37. The molecule has 2 heterocycles. The number of carbonyl (C=O) groups is 1. The third kappa shape index (κ3) is 3.02. The predicted molar refractivity (Wildman–Crippen MR) is 85.6 cm³/mol. The van der Waals surface area contributed by atoms with Crippen LogP contribution in [-0.2, 0) is 31.2 Å². The van der Waals surface area contributed by atoms with Crippen molar-refractivity contribution in [2.75, 3.05) is 20.8 Å². The number of nitrogens with zero attached hydrogens (tertiary/aromatic N) is 3. The second-order valence-electron chi connectivity index (χ2n) is 5.68. The van der Waals surface area contributed by atoms with Crippen LogP contribution in [0.5, 0.6) is 11.5 Å². The molecule has 1 aliphatic rings. The number of hydrogen-bond donors (Lipinski definition) is 0. The first-order chi connectivity index (χ1) is 11.1. The molecule has 1 aromatic heterocycles. The van der Waals surface area contributed by atoms with E-state index in [0.29, 0.717) is 24.5 Å². The number of ether oxygens (including phenoxy) is 2. The number of carbonyl (C=O) groups excluding carboxylic acids is 1. The summed E-state index contributed by atoms with van der Waals surface area (Å²) >= 11 is 0. The van der Waals surface area contributed by atoms with E-state index in [2.05, 4.69) is 4.98 Å². The van der Waals surface area contributed by atoms with Crippen molar-refractivity contribution >= 4 is 5.91 Å². The van der Waals surface area contributed by atoms with Crippen LogP contribution in [0, 0.1) is 0 Å². The van der Waals surface area contributed by atoms with Crippen molar-refractivity contribution < 1.29 is 14.3 Å². The normalized spacial score (nSPS) is 13.6. The van der Waals surface area contributed by atoms with Gasteiger partial charge in [0.25, 0.3) is 0 Å². The fourth-order valence-electron chi connectivity index (χ4n) is 2.91. The fourth-order valence-corrected chi connectivity index (χ4v) is 2.91. The van der Waals surface area contributed by atoms with E-state index in [1.54, 1.807) is 14.2 Å². The molecule has 6 heteroatoms. The van der Waals surface area contributed by atoms with Crippen LogP contribution in [-0.4, -0.2) is 41.1 Å². The molecule has 3 rings (SSSR count). The number of amides is 1. The van der Waals surface area contributed by atoms with Crippen LogP contribution in [0.15, 0.2) is 24.5 Å². The third-order valence-electron chi connectivity index (χ3n) is 4.26. The highest BCUT2D eigenvalue weighted by molar-refractivity contribution is 5.79. The largest absolute Gasteiger partial charge is 0.493 e. The Hall–Kier alpha value is -2.50. The minimum atomic E-state index is 0.115. The summed E-state index contributed by atoms with van der Waals surface area (Å²) < 4.78 is 12.5. The Morgan fingerprint density at radius 2 is 2.04 bits per heavy atom. The molecule has 0 aliphatic carbocycles. The van der Waals surface area contributed by atoms with Gasteiger partial charge >= 0.3 is 0 Å². The summed E-state index contributed by atoms with van der Waals surface area (Å²) in [4.78, 5) is 18.8. The lowest BCUT2D eigenvalue weighted by atomic mass is 10.1. The Morgan fingerprint density at radius 1 is 1.26 bits per heavy atom. The summed E-state index contributed by atoms with van der Waals surface area (Å²) in [5.74, 6) is 1.43. The Bertz CT molecular complexity index is 724. The van der Waals surface area contributed by atoms with Gasteiger partial charge in [0.1, 0.15) is 0 Å². The van der Waals surface area contributed by atoms with Gasteiger partial charge in [-0.15, -0.1) is 0 Å². The molecule has 1 amide bonds. The molecule has 0 N–H and O–H groups in total. The van der Waals surface area contributed by atoms with Gasteiger partial charge in [0.15, 0.2) is 11.5 Å². The Morgan fingerprint density at radius 3 is 2.78 bits per heavy atom. The zero-order valence-corrected chi connectivity index (χ0v) is 13.7. The van der Waals surface area contributed by atoms with Gasteiger partial charge in [0.05, 0.1) is 44.9 Å². The second kappa shape index (κ2) is 6.32. The molecule has 0 atom stereocenters. The van der Waals surface area contributed by atoms with Crippen molar-refractivity contribution in [2.45, 2.75) is 19.4 Å². The maximum Gasteiger partial charge on any atom is 0.227 e. The molecular weight excluding hydrogens is 294 g/mol. The SMILES string of the molecule is COc1ccc(CC(=O)N2CCc3ncn(C)c3C2)cc1OC. The van der Waals surface area contributed by atoms with Gasteiger partial charge < -0.3 is 18.9 Å². The summed E-state index contributed by atoms with van der Waals surface area (Å²) in [6, 6.07) is 5.59. The first kappa shape index (κ1) is 15.4. The number of hydrogen-bond acceptors (Lipinski definition) is 4. The van der Waals surface area contributed by atoms with Crippen molar-refractivity contribution in [1.82, 2.24) is 14.5 Å². The molecule has 0 bridgehead atoms. The minimum absolute atomic E-state index is 0.115. The number of imidazole rings is 1. The summed E-state index contributed by atoms with van der Waals surface area (Å²) in [6.07, 6.45) is 2.98. The van der Waals surface area contributed by atoms with Crippen LogP contribution < -0.4 is 9.47 Å². The number of methoxy groups -OCH3 is 2. The highest BCUT2D eigenvalue weighted by atomic mass is 16.5. The molecule has 122 valence electrons. The quantitative estimate of drug-likeness (QED) is 0.859. The first-order valence-corrected chi connectivity index (χ1v) is 7.60. The monoisotopic (exact) mass is 315 g/mol. The molecular formula is C17H21N3O3. The highest BCUT2D eigenvalue weighted by Gasteiger charge is 2.23. The molecule has 1 aliphatic heterocycles. The smallest absolute Gasteiger partial charge is 0.227 e. The number of aromatic nitrogens is 2. The van der Waals surface area contributed by atoms with E-state index in [1.165, 1.54) is 0 Å². The van der Waals surface area contributed by atoms with Gasteiger partial charge in [-0.25, -0.2) is 4.98 Å². The number of fused-ring (bicyclic) bond motifs is 1. The van der Waals surface area contributed by atoms with E-state index in [0.717, 1.165) is 29.9 Å². The summed E-state index contributed by atoms with van der Waals surface area (Å²) in [5, 5.41) is 0. The molecule has 0 fully saturated rings. The minimum Gasteiger partial charge on any atom is -0.493 e. The molecule has 0 radical (unpaired) electrons. The second-order valence-corrected chi connectivity index (χ2v) is 5.68. The van der Waals surface area contributed by atoms with Gasteiger partial charge in [-0.1, -0.05) is 6.07 Å². The van der Waals surface area contributed by atoms with E-state index in [4.69, 9.17) is 9.47 Å². The summed E-state index contributed by atoms with van der Waals surface area (Å²) in [7, 11) is 5.16. The fraction of sp³-hybridized carbons (Fsp3) is 0.412. The topological polar surface area (TPSA) is 56.6 Å². The van der Waals surface area contributed by atoms with Crippen LogP contribution >= 0.6 is 0 Å². The number of benzene rings is 1. The molecule has 1 aromatic carbocycles. The molecule has 0 saturated carbocycles. The summed E-state index contributed by atoms with van der Waals surface area (Å²) in [6.45, 7) is 1.34. The average molecular weight is 315 g/mol. The van der Waals surface area contributed by atoms with Crippen LogP contribution in [0.25, 0.3) is 0 Å². The molecule has 23 heavy (non-hydrogen) atoms. The van der Waals surface area contributed by atoms with Gasteiger partial charge in [-0.2, -0.15) is 0 Å². The van der Waals surface area contributed by atoms with Gasteiger partial charge in [0, 0.05) is 20.0 Å².